The van der Waals surface area contributed by atoms with E-state index in [1.807, 2.05) is 0 Å². The lowest BCUT2D eigenvalue weighted by molar-refractivity contribution is 0.156. The van der Waals surface area contributed by atoms with Crippen LogP contribution in [0.1, 0.15) is 80.1 Å². The van der Waals surface area contributed by atoms with Gasteiger partial charge < -0.3 is 0 Å². The molecule has 4 bridgehead atoms. The molecule has 4 fully saturated rings. The topological polar surface area (TPSA) is 0 Å². The molecular formula is C21H36S2. The first-order valence-electron chi connectivity index (χ1n) is 9.86. The van der Waals surface area contributed by atoms with Gasteiger partial charge in [0, 0.05) is 15.6 Å². The molecular weight excluding hydrogens is 316 g/mol. The molecule has 0 saturated heterocycles. The van der Waals surface area contributed by atoms with Crippen molar-refractivity contribution in [3.8, 4) is 0 Å². The van der Waals surface area contributed by atoms with Gasteiger partial charge in [0.05, 0.1) is 0 Å². The van der Waals surface area contributed by atoms with E-state index >= 15 is 0 Å². The summed E-state index contributed by atoms with van der Waals surface area (Å²) < 4.78 is 0. The maximum Gasteiger partial charge on any atom is 0.0398 e. The summed E-state index contributed by atoms with van der Waals surface area (Å²) in [4.78, 5) is 0. The molecule has 0 aromatic heterocycles. The molecule has 0 amide bonds. The molecule has 0 N–H and O–H groups in total. The Labute approximate surface area is 152 Å². The third-order valence-corrected chi connectivity index (χ3v) is 13.3. The van der Waals surface area contributed by atoms with Gasteiger partial charge in [0.15, 0.2) is 0 Å². The number of thioether (sulfide) groups is 2. The van der Waals surface area contributed by atoms with E-state index in [1.54, 1.807) is 0 Å². The van der Waals surface area contributed by atoms with Crippen LogP contribution in [0.5, 0.6) is 0 Å². The van der Waals surface area contributed by atoms with Gasteiger partial charge in [0.25, 0.3) is 0 Å². The predicted molar refractivity (Wildman–Crippen MR) is 106 cm³/mol. The molecule has 2 heteroatoms. The van der Waals surface area contributed by atoms with E-state index in [0.29, 0.717) is 21.7 Å². The predicted octanol–water partition coefficient (Wildman–Crippen LogP) is 6.84. The summed E-state index contributed by atoms with van der Waals surface area (Å²) in [6.07, 6.45) is 8.91. The van der Waals surface area contributed by atoms with E-state index in [2.05, 4.69) is 65.1 Å². The van der Waals surface area contributed by atoms with Crippen molar-refractivity contribution in [2.24, 2.45) is 33.5 Å². The average molecular weight is 353 g/mol. The van der Waals surface area contributed by atoms with Crippen molar-refractivity contribution >= 4 is 23.5 Å². The molecule has 23 heavy (non-hydrogen) atoms. The highest BCUT2D eigenvalue weighted by molar-refractivity contribution is 8.16. The maximum absolute atomic E-state index is 2.60. The Morgan fingerprint density at radius 1 is 0.696 bits per heavy atom. The molecule has 0 aliphatic heterocycles. The Morgan fingerprint density at radius 3 is 1.35 bits per heavy atom. The minimum absolute atomic E-state index is 0.579. The van der Waals surface area contributed by atoms with Crippen LogP contribution < -0.4 is 0 Å². The molecule has 0 radical (unpaired) electrons. The van der Waals surface area contributed by atoms with Crippen LogP contribution in [0, 0.1) is 33.5 Å². The van der Waals surface area contributed by atoms with Crippen LogP contribution in [0.2, 0.25) is 0 Å². The number of fused-ring (bicyclic) bond motifs is 4. The SMILES string of the molecule is CC1(C)[C@@H]2CC[C@@]1(C)[C@H](SCS[C@H]1C[C@@H]3CC[C@@]1(C)C3(C)C)C2. The lowest BCUT2D eigenvalue weighted by atomic mass is 9.71. The first-order chi connectivity index (χ1) is 10.6. The van der Waals surface area contributed by atoms with Gasteiger partial charge in [0.2, 0.25) is 0 Å². The summed E-state index contributed by atoms with van der Waals surface area (Å²) >= 11 is 4.65. The first kappa shape index (κ1) is 17.1. The number of hydrogen-bond donors (Lipinski definition) is 0. The van der Waals surface area contributed by atoms with E-state index in [1.165, 1.54) is 43.6 Å². The van der Waals surface area contributed by atoms with Gasteiger partial charge in [-0.25, -0.2) is 0 Å². The van der Waals surface area contributed by atoms with Crippen LogP contribution in [0.15, 0.2) is 0 Å². The summed E-state index contributed by atoms with van der Waals surface area (Å²) in [5.41, 5.74) is 2.35. The maximum atomic E-state index is 2.60. The molecule has 0 unspecified atom stereocenters. The average Bonchev–Trinajstić information content (AvgIpc) is 2.98. The second-order valence-corrected chi connectivity index (χ2v) is 13.4. The van der Waals surface area contributed by atoms with Crippen molar-refractivity contribution in [2.75, 3.05) is 5.08 Å². The molecule has 6 atom stereocenters. The number of rotatable bonds is 4. The van der Waals surface area contributed by atoms with E-state index in [0.717, 1.165) is 22.3 Å². The largest absolute Gasteiger partial charge is 0.147 e. The minimum Gasteiger partial charge on any atom is -0.147 e. The van der Waals surface area contributed by atoms with Crippen molar-refractivity contribution in [3.05, 3.63) is 0 Å². The summed E-state index contributed by atoms with van der Waals surface area (Å²) in [6.45, 7) is 15.4. The van der Waals surface area contributed by atoms with Gasteiger partial charge in [0.1, 0.15) is 0 Å². The first-order valence-corrected chi connectivity index (χ1v) is 12.0. The van der Waals surface area contributed by atoms with Gasteiger partial charge >= 0.3 is 0 Å². The van der Waals surface area contributed by atoms with E-state index in [9.17, 15) is 0 Å². The molecule has 4 aliphatic carbocycles. The van der Waals surface area contributed by atoms with Crippen molar-refractivity contribution in [1.82, 2.24) is 0 Å². The van der Waals surface area contributed by atoms with Gasteiger partial charge in [-0.3, -0.25) is 0 Å². The summed E-state index contributed by atoms with van der Waals surface area (Å²) in [5, 5.41) is 3.18. The van der Waals surface area contributed by atoms with E-state index in [-0.39, 0.29) is 0 Å². The zero-order valence-electron chi connectivity index (χ0n) is 16.1. The fourth-order valence-electron chi connectivity index (χ4n) is 6.97. The quantitative estimate of drug-likeness (QED) is 0.508. The molecule has 4 saturated carbocycles. The number of hydrogen-bond acceptors (Lipinski definition) is 2. The minimum atomic E-state index is 0.579. The monoisotopic (exact) mass is 352 g/mol. The highest BCUT2D eigenvalue weighted by atomic mass is 32.2. The van der Waals surface area contributed by atoms with Gasteiger partial charge in [-0.15, -0.1) is 23.5 Å². The van der Waals surface area contributed by atoms with Gasteiger partial charge in [-0.05, 0) is 72.0 Å². The van der Waals surface area contributed by atoms with E-state index in [4.69, 9.17) is 0 Å². The van der Waals surface area contributed by atoms with Crippen LogP contribution >= 0.6 is 23.5 Å². The normalized spacial score (nSPS) is 52.4. The van der Waals surface area contributed by atoms with Crippen molar-refractivity contribution in [3.63, 3.8) is 0 Å². The molecule has 4 aliphatic rings. The van der Waals surface area contributed by atoms with Crippen LogP contribution in [0.3, 0.4) is 0 Å². The van der Waals surface area contributed by atoms with Gasteiger partial charge in [-0.1, -0.05) is 41.5 Å². The zero-order valence-corrected chi connectivity index (χ0v) is 17.7. The third kappa shape index (κ3) is 2.06. The van der Waals surface area contributed by atoms with Crippen LogP contribution in [-0.4, -0.2) is 15.6 Å². The Balaban J connectivity index is 1.36. The fraction of sp³-hybridized carbons (Fsp3) is 1.00. The molecule has 132 valence electrons. The summed E-state index contributed by atoms with van der Waals surface area (Å²) in [5.74, 6) is 1.99. The highest BCUT2D eigenvalue weighted by Crippen LogP contribution is 2.70. The summed E-state index contributed by atoms with van der Waals surface area (Å²) in [7, 11) is 0. The van der Waals surface area contributed by atoms with Crippen molar-refractivity contribution < 1.29 is 0 Å². The Kier molecular flexibility index (Phi) is 3.81. The molecule has 0 aromatic rings. The second-order valence-electron chi connectivity index (χ2n) is 10.6. The van der Waals surface area contributed by atoms with Crippen LogP contribution in [0.4, 0.5) is 0 Å². The fourth-order valence-corrected chi connectivity index (χ4v) is 10.9. The summed E-state index contributed by atoms with van der Waals surface area (Å²) in [6, 6.07) is 0. The molecule has 0 heterocycles. The van der Waals surface area contributed by atoms with Gasteiger partial charge in [-0.2, -0.15) is 0 Å². The Bertz CT molecular complexity index is 452. The van der Waals surface area contributed by atoms with Crippen molar-refractivity contribution in [2.45, 2.75) is 90.6 Å². The Morgan fingerprint density at radius 2 is 1.09 bits per heavy atom. The standard InChI is InChI=1S/C21H36S2/c1-18(2)14-7-9-20(18,5)16(11-14)22-13-23-17-12-15-8-10-21(17,6)19(15,3)4/h14-17H,7-13H2,1-6H3/t14-,15+,16-,17+,20+,21-. The van der Waals surface area contributed by atoms with Crippen LogP contribution in [-0.2, 0) is 0 Å². The molecule has 0 nitrogen and oxygen atoms in total. The van der Waals surface area contributed by atoms with E-state index < -0.39 is 0 Å². The molecule has 0 aromatic carbocycles. The molecule has 4 rings (SSSR count). The van der Waals surface area contributed by atoms with Crippen LogP contribution in [0.25, 0.3) is 0 Å². The lowest BCUT2D eigenvalue weighted by Crippen LogP contribution is -2.35. The Hall–Kier alpha value is 0.700. The van der Waals surface area contributed by atoms with Crippen molar-refractivity contribution in [1.29, 1.82) is 0 Å². The smallest absolute Gasteiger partial charge is 0.0398 e. The lowest BCUT2D eigenvalue weighted by Gasteiger charge is -2.40. The molecule has 0 spiro atoms. The highest BCUT2D eigenvalue weighted by Gasteiger charge is 2.62. The third-order valence-electron chi connectivity index (χ3n) is 9.97. The second kappa shape index (κ2) is 5.12. The zero-order chi connectivity index (χ0) is 16.7.